The molecule has 0 atom stereocenters. The number of hydrogen-bond acceptors (Lipinski definition) is 2. The third-order valence-corrected chi connectivity index (χ3v) is 2.88. The van der Waals surface area contributed by atoms with E-state index in [9.17, 15) is 0 Å². The summed E-state index contributed by atoms with van der Waals surface area (Å²) >= 11 is 1.80. The van der Waals surface area contributed by atoms with Crippen LogP contribution in [0, 0.1) is 6.92 Å². The Morgan fingerprint density at radius 2 is 2.18 bits per heavy atom. The smallest absolute Gasteiger partial charge is 0.0189 e. The molecule has 2 N–H and O–H groups in total. The third-order valence-electron chi connectivity index (χ3n) is 1.90. The van der Waals surface area contributed by atoms with Gasteiger partial charge in [-0.05, 0) is 29.3 Å². The maximum atomic E-state index is 5.61. The molecule has 0 saturated carbocycles. The van der Waals surface area contributed by atoms with Crippen LogP contribution in [0.2, 0.25) is 0 Å². The third kappa shape index (κ3) is 1.63. The largest absolute Gasteiger partial charge is 0.326 e. The van der Waals surface area contributed by atoms with Gasteiger partial charge < -0.3 is 5.73 Å². The van der Waals surface area contributed by atoms with Crippen molar-refractivity contribution in [2.75, 3.05) is 0 Å². The van der Waals surface area contributed by atoms with Crippen LogP contribution in [0.1, 0.15) is 35.8 Å². The zero-order chi connectivity index (χ0) is 8.43. The highest BCUT2D eigenvalue weighted by Crippen LogP contribution is 2.28. The standard InChI is InChI=1S/C9H15NS/c1-6(2)9-7(3)11-5-8(9)4-10/h5-6H,4,10H2,1-3H3. The lowest BCUT2D eigenvalue weighted by Crippen LogP contribution is -2.00. The fourth-order valence-corrected chi connectivity index (χ4v) is 2.48. The van der Waals surface area contributed by atoms with Crippen LogP contribution in [0.25, 0.3) is 0 Å². The normalized spacial score (nSPS) is 11.0. The molecule has 1 aromatic heterocycles. The quantitative estimate of drug-likeness (QED) is 0.723. The van der Waals surface area contributed by atoms with Gasteiger partial charge >= 0.3 is 0 Å². The predicted molar refractivity (Wildman–Crippen MR) is 51.0 cm³/mol. The van der Waals surface area contributed by atoms with Gasteiger partial charge in [0.15, 0.2) is 0 Å². The summed E-state index contributed by atoms with van der Waals surface area (Å²) in [6.07, 6.45) is 0. The van der Waals surface area contributed by atoms with Crippen LogP contribution in [-0.2, 0) is 6.54 Å². The molecule has 0 bridgehead atoms. The molecule has 0 aromatic carbocycles. The molecule has 1 nitrogen and oxygen atoms in total. The summed E-state index contributed by atoms with van der Waals surface area (Å²) in [5, 5.41) is 2.17. The average molecular weight is 169 g/mol. The monoisotopic (exact) mass is 169 g/mol. The Balaban J connectivity index is 3.07. The number of rotatable bonds is 2. The predicted octanol–water partition coefficient (Wildman–Crippen LogP) is 2.64. The lowest BCUT2D eigenvalue weighted by Gasteiger charge is -2.06. The van der Waals surface area contributed by atoms with Crippen molar-refractivity contribution in [2.24, 2.45) is 5.73 Å². The average Bonchev–Trinajstić information content (AvgIpc) is 2.30. The van der Waals surface area contributed by atoms with Crippen LogP contribution in [-0.4, -0.2) is 0 Å². The molecule has 0 spiro atoms. The van der Waals surface area contributed by atoms with Crippen molar-refractivity contribution in [1.29, 1.82) is 0 Å². The van der Waals surface area contributed by atoms with Gasteiger partial charge in [-0.15, -0.1) is 11.3 Å². The Morgan fingerprint density at radius 1 is 1.55 bits per heavy atom. The minimum Gasteiger partial charge on any atom is -0.326 e. The van der Waals surface area contributed by atoms with E-state index in [4.69, 9.17) is 5.73 Å². The number of nitrogens with two attached hydrogens (primary N) is 1. The topological polar surface area (TPSA) is 26.0 Å². The van der Waals surface area contributed by atoms with Gasteiger partial charge in [0.2, 0.25) is 0 Å². The minimum absolute atomic E-state index is 0.611. The Bertz CT molecular complexity index is 238. The zero-order valence-electron chi connectivity index (χ0n) is 7.35. The highest BCUT2D eigenvalue weighted by atomic mass is 32.1. The van der Waals surface area contributed by atoms with E-state index in [1.807, 2.05) is 0 Å². The molecule has 0 radical (unpaired) electrons. The van der Waals surface area contributed by atoms with Gasteiger partial charge in [-0.25, -0.2) is 0 Å². The summed E-state index contributed by atoms with van der Waals surface area (Å²) in [5.74, 6) is 0.611. The molecular weight excluding hydrogens is 154 g/mol. The summed E-state index contributed by atoms with van der Waals surface area (Å²) in [6, 6.07) is 0. The van der Waals surface area contributed by atoms with E-state index in [2.05, 4.69) is 26.2 Å². The summed E-state index contributed by atoms with van der Waals surface area (Å²) in [7, 11) is 0. The van der Waals surface area contributed by atoms with Gasteiger partial charge in [-0.3, -0.25) is 0 Å². The Morgan fingerprint density at radius 3 is 2.55 bits per heavy atom. The molecule has 1 aromatic rings. The molecule has 0 aliphatic carbocycles. The molecule has 0 aliphatic rings. The molecule has 0 saturated heterocycles. The van der Waals surface area contributed by atoms with E-state index < -0.39 is 0 Å². The van der Waals surface area contributed by atoms with E-state index in [1.165, 1.54) is 16.0 Å². The fourth-order valence-electron chi connectivity index (χ4n) is 1.45. The molecular formula is C9H15NS. The van der Waals surface area contributed by atoms with Gasteiger partial charge in [-0.2, -0.15) is 0 Å². The van der Waals surface area contributed by atoms with Crippen molar-refractivity contribution < 1.29 is 0 Å². The molecule has 62 valence electrons. The highest BCUT2D eigenvalue weighted by molar-refractivity contribution is 7.10. The molecule has 0 aliphatic heterocycles. The summed E-state index contributed by atoms with van der Waals surface area (Å²) < 4.78 is 0. The molecule has 2 heteroatoms. The molecule has 0 unspecified atom stereocenters. The zero-order valence-corrected chi connectivity index (χ0v) is 8.16. The minimum atomic E-state index is 0.611. The van der Waals surface area contributed by atoms with Crippen LogP contribution in [0.5, 0.6) is 0 Å². The van der Waals surface area contributed by atoms with E-state index in [-0.39, 0.29) is 0 Å². The van der Waals surface area contributed by atoms with Gasteiger partial charge in [-0.1, -0.05) is 13.8 Å². The van der Waals surface area contributed by atoms with Crippen molar-refractivity contribution in [3.63, 3.8) is 0 Å². The second-order valence-electron chi connectivity index (χ2n) is 3.09. The maximum Gasteiger partial charge on any atom is 0.0189 e. The van der Waals surface area contributed by atoms with Gasteiger partial charge in [0, 0.05) is 11.4 Å². The SMILES string of the molecule is Cc1scc(CN)c1C(C)C. The Hall–Kier alpha value is -0.340. The van der Waals surface area contributed by atoms with Crippen LogP contribution in [0.3, 0.4) is 0 Å². The lowest BCUT2D eigenvalue weighted by atomic mass is 10.00. The van der Waals surface area contributed by atoms with Crippen LogP contribution >= 0.6 is 11.3 Å². The van der Waals surface area contributed by atoms with Crippen LogP contribution in [0.4, 0.5) is 0 Å². The summed E-state index contributed by atoms with van der Waals surface area (Å²) in [4.78, 5) is 1.42. The van der Waals surface area contributed by atoms with E-state index in [0.717, 1.165) is 0 Å². The first kappa shape index (κ1) is 8.75. The first-order chi connectivity index (χ1) is 5.16. The van der Waals surface area contributed by atoms with Crippen molar-refractivity contribution in [2.45, 2.75) is 33.2 Å². The lowest BCUT2D eigenvalue weighted by molar-refractivity contribution is 0.840. The number of aryl methyl sites for hydroxylation is 1. The second kappa shape index (κ2) is 3.37. The first-order valence-electron chi connectivity index (χ1n) is 3.93. The van der Waals surface area contributed by atoms with Crippen molar-refractivity contribution in [1.82, 2.24) is 0 Å². The van der Waals surface area contributed by atoms with Gasteiger partial charge in [0.25, 0.3) is 0 Å². The van der Waals surface area contributed by atoms with Crippen LogP contribution in [0.15, 0.2) is 5.38 Å². The van der Waals surface area contributed by atoms with Gasteiger partial charge in [0.05, 0.1) is 0 Å². The van der Waals surface area contributed by atoms with E-state index in [1.54, 1.807) is 11.3 Å². The molecule has 0 amide bonds. The fraction of sp³-hybridized carbons (Fsp3) is 0.556. The number of hydrogen-bond donors (Lipinski definition) is 1. The molecule has 11 heavy (non-hydrogen) atoms. The Labute approximate surface area is 72.2 Å². The van der Waals surface area contributed by atoms with Crippen molar-refractivity contribution >= 4 is 11.3 Å². The summed E-state index contributed by atoms with van der Waals surface area (Å²) in [5.41, 5.74) is 8.39. The van der Waals surface area contributed by atoms with E-state index in [0.29, 0.717) is 12.5 Å². The second-order valence-corrected chi connectivity index (χ2v) is 4.17. The van der Waals surface area contributed by atoms with E-state index >= 15 is 0 Å². The molecule has 1 rings (SSSR count). The highest BCUT2D eigenvalue weighted by Gasteiger charge is 2.09. The first-order valence-corrected chi connectivity index (χ1v) is 4.81. The summed E-state index contributed by atoms with van der Waals surface area (Å²) in [6.45, 7) is 7.28. The Kier molecular flexibility index (Phi) is 2.68. The van der Waals surface area contributed by atoms with Crippen LogP contribution < -0.4 is 5.73 Å². The van der Waals surface area contributed by atoms with Crippen molar-refractivity contribution in [3.05, 3.63) is 21.4 Å². The molecule has 0 fully saturated rings. The maximum absolute atomic E-state index is 5.61. The van der Waals surface area contributed by atoms with Gasteiger partial charge in [0.1, 0.15) is 0 Å². The molecule has 1 heterocycles. The number of thiophene rings is 1. The van der Waals surface area contributed by atoms with Crippen molar-refractivity contribution in [3.8, 4) is 0 Å².